The highest BCUT2D eigenvalue weighted by Crippen LogP contribution is 2.03. The minimum absolute atomic E-state index is 0.0316. The predicted molar refractivity (Wildman–Crippen MR) is 276 cm³/mol. The maximum absolute atomic E-state index is 11.9. The van der Waals surface area contributed by atoms with Gasteiger partial charge < -0.3 is 63.8 Å². The largest absolute Gasteiger partial charge is 0.356 e. The molecule has 0 rings (SSSR count). The van der Waals surface area contributed by atoms with E-state index in [2.05, 4.69) is 63.8 Å². The molecular weight excluding hydrogens is 949 g/mol. The Morgan fingerprint density at radius 2 is 0.438 bits per heavy atom. The van der Waals surface area contributed by atoms with Crippen molar-refractivity contribution in [3.05, 3.63) is 0 Å². The second-order valence-electron chi connectivity index (χ2n) is 17.8. The lowest BCUT2D eigenvalue weighted by atomic mass is 10.1. The second-order valence-corrected chi connectivity index (χ2v) is 17.8. The molecule has 0 heterocycles. The van der Waals surface area contributed by atoms with Gasteiger partial charge in [0, 0.05) is 156 Å². The minimum atomic E-state index is -0.316. The number of carbonyl (C=O) groups excluding carboxylic acids is 12. The summed E-state index contributed by atoms with van der Waals surface area (Å²) in [4.78, 5) is 140. The molecule has 0 aliphatic heterocycles. The van der Waals surface area contributed by atoms with Crippen molar-refractivity contribution < 1.29 is 57.5 Å². The van der Waals surface area contributed by atoms with E-state index in [1.165, 1.54) is 0 Å². The molecule has 0 unspecified atom stereocenters. The zero-order valence-electron chi connectivity index (χ0n) is 44.6. The Labute approximate surface area is 432 Å². The first kappa shape index (κ1) is 68.7. The molecule has 0 aromatic rings. The monoisotopic (exact) mass is 1040 g/mol. The van der Waals surface area contributed by atoms with Crippen molar-refractivity contribution in [3.8, 4) is 0 Å². The average molecular weight is 1040 g/mol. The Morgan fingerprint density at radius 3 is 0.644 bits per heavy atom. The highest BCUT2D eigenvalue weighted by molar-refractivity contribution is 5.83. The minimum Gasteiger partial charge on any atom is -0.356 e. The van der Waals surface area contributed by atoms with Crippen molar-refractivity contribution in [1.82, 2.24) is 63.8 Å². The van der Waals surface area contributed by atoms with Crippen molar-refractivity contribution in [2.75, 3.05) is 78.5 Å². The van der Waals surface area contributed by atoms with Gasteiger partial charge in [0.05, 0.1) is 0 Å². The van der Waals surface area contributed by atoms with E-state index in [0.717, 1.165) is 32.1 Å². The highest BCUT2D eigenvalue weighted by atomic mass is 16.2. The van der Waals surface area contributed by atoms with Crippen LogP contribution in [-0.2, 0) is 57.5 Å². The first-order valence-corrected chi connectivity index (χ1v) is 26.0. The first-order chi connectivity index (χ1) is 34.8. The van der Waals surface area contributed by atoms with Gasteiger partial charge in [0.25, 0.3) is 0 Å². The van der Waals surface area contributed by atoms with Gasteiger partial charge in [-0.3, -0.25) is 57.5 Å². The summed E-state index contributed by atoms with van der Waals surface area (Å²) in [6, 6.07) is 0. The highest BCUT2D eigenvalue weighted by Gasteiger charge is 2.11. The Morgan fingerprint density at radius 1 is 0.247 bits per heavy atom. The van der Waals surface area contributed by atoms with E-state index in [-0.39, 0.29) is 188 Å². The van der Waals surface area contributed by atoms with Crippen LogP contribution in [0, 0.1) is 11.8 Å². The van der Waals surface area contributed by atoms with Crippen molar-refractivity contribution >= 4 is 70.9 Å². The standard InChI is InChI=1S/C29H53N7O7.C20H37N5O5/c1-4-23(37)30-15-6-5-7-16-31-25(39)10-18-33-27(41)12-20-35-29(43)14-21-36-28(42)13-19-34-26(40)11-17-32-24(38)9-8-22(2)3;1-4-21-17(27)7-11-23-19(29)9-13-25-20(30)10-14-24-18(28)8-12-22-16(26)6-5-15(2)3/h22H,4-21H2,1-3H3,(H,30,37)(H,31,39)(H,32,38)(H,33,41)(H,34,40)(H,35,43)(H,36,42);15H,4-14H2,1-3H3,(H,21,27)(H,22,26)(H,23,29)(H,24,28)(H,25,30). The smallest absolute Gasteiger partial charge is 0.221 e. The van der Waals surface area contributed by atoms with E-state index < -0.39 is 0 Å². The van der Waals surface area contributed by atoms with Crippen LogP contribution in [0.4, 0.5) is 0 Å². The van der Waals surface area contributed by atoms with E-state index in [4.69, 9.17) is 0 Å². The van der Waals surface area contributed by atoms with E-state index in [9.17, 15) is 57.5 Å². The molecule has 24 nitrogen and oxygen atoms in total. The van der Waals surface area contributed by atoms with E-state index in [0.29, 0.717) is 50.7 Å². The number of nitrogens with one attached hydrogen (secondary N) is 12. The van der Waals surface area contributed by atoms with Gasteiger partial charge in [-0.1, -0.05) is 34.6 Å². The maximum atomic E-state index is 11.9. The molecule has 0 saturated heterocycles. The third-order valence-corrected chi connectivity index (χ3v) is 10.2. The first-order valence-electron chi connectivity index (χ1n) is 26.0. The van der Waals surface area contributed by atoms with Crippen molar-refractivity contribution in [3.63, 3.8) is 0 Å². The molecule has 0 bridgehead atoms. The zero-order chi connectivity index (χ0) is 55.1. The molecule has 24 heteroatoms. The average Bonchev–Trinajstić information content (AvgIpc) is 3.32. The van der Waals surface area contributed by atoms with Gasteiger partial charge in [-0.05, 0) is 50.9 Å². The molecule has 418 valence electrons. The Bertz CT molecular complexity index is 1680. The molecule has 0 fully saturated rings. The maximum Gasteiger partial charge on any atom is 0.221 e. The number of hydrogen-bond donors (Lipinski definition) is 12. The second kappa shape index (κ2) is 46.7. The Hall–Kier alpha value is -6.36. The van der Waals surface area contributed by atoms with Crippen LogP contribution >= 0.6 is 0 Å². The molecule has 73 heavy (non-hydrogen) atoms. The summed E-state index contributed by atoms with van der Waals surface area (Å²) in [5.41, 5.74) is 0. The molecule has 0 atom stereocenters. The summed E-state index contributed by atoms with van der Waals surface area (Å²) in [6.07, 6.45) is 6.56. The van der Waals surface area contributed by atoms with Crippen molar-refractivity contribution in [2.24, 2.45) is 11.8 Å². The molecular formula is C49H90N12O12. The van der Waals surface area contributed by atoms with E-state index in [1.54, 1.807) is 6.92 Å². The van der Waals surface area contributed by atoms with Gasteiger partial charge in [0.2, 0.25) is 70.9 Å². The summed E-state index contributed by atoms with van der Waals surface area (Å²) in [5.74, 6) is -1.43. The molecule has 0 spiro atoms. The number of rotatable bonds is 41. The van der Waals surface area contributed by atoms with Crippen LogP contribution in [0.1, 0.15) is 151 Å². The van der Waals surface area contributed by atoms with Crippen LogP contribution in [0.3, 0.4) is 0 Å². The van der Waals surface area contributed by atoms with E-state index in [1.807, 2.05) is 34.6 Å². The summed E-state index contributed by atoms with van der Waals surface area (Å²) >= 11 is 0. The van der Waals surface area contributed by atoms with Crippen LogP contribution in [-0.4, -0.2) is 149 Å². The third kappa shape index (κ3) is 50.4. The quantitative estimate of drug-likeness (QED) is 0.0340. The topological polar surface area (TPSA) is 349 Å². The van der Waals surface area contributed by atoms with Gasteiger partial charge in [0.1, 0.15) is 0 Å². The van der Waals surface area contributed by atoms with Gasteiger partial charge in [0.15, 0.2) is 0 Å². The summed E-state index contributed by atoms with van der Waals surface area (Å²) < 4.78 is 0. The lowest BCUT2D eigenvalue weighted by Crippen LogP contribution is -2.36. The number of hydrogen-bond acceptors (Lipinski definition) is 12. The van der Waals surface area contributed by atoms with Gasteiger partial charge >= 0.3 is 0 Å². The summed E-state index contributed by atoms with van der Waals surface area (Å²) in [7, 11) is 0. The van der Waals surface area contributed by atoms with Gasteiger partial charge in [-0.25, -0.2) is 0 Å². The number of carbonyl (C=O) groups is 12. The predicted octanol–water partition coefficient (Wildman–Crippen LogP) is -0.649. The van der Waals surface area contributed by atoms with Crippen LogP contribution in [0.5, 0.6) is 0 Å². The van der Waals surface area contributed by atoms with E-state index >= 15 is 0 Å². The van der Waals surface area contributed by atoms with Crippen molar-refractivity contribution in [2.45, 2.75) is 151 Å². The molecule has 0 saturated carbocycles. The molecule has 12 N–H and O–H groups in total. The zero-order valence-corrected chi connectivity index (χ0v) is 44.6. The van der Waals surface area contributed by atoms with Crippen LogP contribution < -0.4 is 63.8 Å². The van der Waals surface area contributed by atoms with Crippen LogP contribution in [0.25, 0.3) is 0 Å². The fourth-order valence-corrected chi connectivity index (χ4v) is 5.86. The molecule has 0 aliphatic rings. The summed E-state index contributed by atoms with van der Waals surface area (Å²) in [6.45, 7) is 15.2. The Kier molecular flexibility index (Phi) is 44.0. The SMILES string of the molecule is CCC(=O)NCCCCCNC(=O)CCNC(=O)CCNC(=O)CCNC(=O)CCNC(=O)CCNC(=O)CCC(C)C.CCNC(=O)CCNC(=O)CCNC(=O)CCNC(=O)CCNC(=O)CCC(C)C. The van der Waals surface area contributed by atoms with Gasteiger partial charge in [-0.15, -0.1) is 0 Å². The molecule has 0 aliphatic carbocycles. The fourth-order valence-electron chi connectivity index (χ4n) is 5.86. The lowest BCUT2D eigenvalue weighted by molar-refractivity contribution is -0.125. The normalized spacial score (nSPS) is 10.4. The molecule has 0 radical (unpaired) electrons. The number of unbranched alkanes of at least 4 members (excludes halogenated alkanes) is 2. The lowest BCUT2D eigenvalue weighted by Gasteiger charge is -2.09. The summed E-state index contributed by atoms with van der Waals surface area (Å²) in [5, 5.41) is 31.9. The van der Waals surface area contributed by atoms with Gasteiger partial charge in [-0.2, -0.15) is 0 Å². The third-order valence-electron chi connectivity index (χ3n) is 10.2. The molecule has 12 amide bonds. The van der Waals surface area contributed by atoms with Crippen LogP contribution in [0.15, 0.2) is 0 Å². The Balaban J connectivity index is 0. The molecule has 0 aromatic heterocycles. The molecule has 0 aromatic carbocycles. The van der Waals surface area contributed by atoms with Crippen molar-refractivity contribution in [1.29, 1.82) is 0 Å². The number of amides is 12. The fraction of sp³-hybridized carbons (Fsp3) is 0.755. The van der Waals surface area contributed by atoms with Crippen LogP contribution in [0.2, 0.25) is 0 Å².